The van der Waals surface area contributed by atoms with Gasteiger partial charge in [0, 0.05) is 33.7 Å². The molecule has 1 saturated heterocycles. The quantitative estimate of drug-likeness (QED) is 0.362. The number of benzene rings is 2. The molecule has 188 valence electrons. The summed E-state index contributed by atoms with van der Waals surface area (Å²) in [4.78, 5) is 0. The third-order valence-corrected chi connectivity index (χ3v) is 10.1. The Balaban J connectivity index is 1.95. The van der Waals surface area contributed by atoms with Crippen LogP contribution in [0.1, 0.15) is 58.1 Å². The number of hydrogen-bond acceptors (Lipinski definition) is 4. The molecule has 1 N–H and O–H groups in total. The van der Waals surface area contributed by atoms with Crippen LogP contribution in [0.3, 0.4) is 0 Å². The van der Waals surface area contributed by atoms with Gasteiger partial charge in [0.05, 0.1) is 28.4 Å². The van der Waals surface area contributed by atoms with Crippen molar-refractivity contribution in [2.75, 3.05) is 20.3 Å². The second-order valence-electron chi connectivity index (χ2n) is 10.0. The molecule has 0 aliphatic carbocycles. The topological polar surface area (TPSA) is 47.6 Å². The molecular weight excluding hydrogens is 537 g/mol. The molecule has 1 fully saturated rings. The highest BCUT2D eigenvalue weighted by Crippen LogP contribution is 2.47. The molecule has 0 bridgehead atoms. The Hall–Kier alpha value is -0.930. The zero-order valence-corrected chi connectivity index (χ0v) is 23.8. The van der Waals surface area contributed by atoms with Crippen LogP contribution in [0.25, 0.3) is 0 Å². The van der Waals surface area contributed by atoms with Gasteiger partial charge in [0.2, 0.25) is 0 Å². The maximum absolute atomic E-state index is 15.2. The SMILES string of the molecule is COc1ccc(CSC2(CC(C)(NS(=O)C(C)(C)C)c3cc(Br)ccc3F)CCOCC2)cc1. The lowest BCUT2D eigenvalue weighted by atomic mass is 9.80. The van der Waals surface area contributed by atoms with Crippen LogP contribution >= 0.6 is 27.7 Å². The Morgan fingerprint density at radius 2 is 1.79 bits per heavy atom. The maximum atomic E-state index is 15.2. The van der Waals surface area contributed by atoms with E-state index < -0.39 is 21.3 Å². The van der Waals surface area contributed by atoms with Gasteiger partial charge in [-0.2, -0.15) is 11.8 Å². The van der Waals surface area contributed by atoms with E-state index in [-0.39, 0.29) is 10.6 Å². The van der Waals surface area contributed by atoms with Crippen molar-refractivity contribution in [3.8, 4) is 5.75 Å². The highest BCUT2D eigenvalue weighted by atomic mass is 79.9. The zero-order chi connectivity index (χ0) is 25.0. The van der Waals surface area contributed by atoms with Crippen molar-refractivity contribution in [2.45, 2.75) is 67.7 Å². The summed E-state index contributed by atoms with van der Waals surface area (Å²) >= 11 is 5.38. The average Bonchev–Trinajstić information content (AvgIpc) is 2.79. The van der Waals surface area contributed by atoms with E-state index in [2.05, 4.69) is 32.8 Å². The number of ether oxygens (including phenoxy) is 2. The summed E-state index contributed by atoms with van der Waals surface area (Å²) in [5, 5.41) is 0. The molecule has 2 aromatic rings. The highest BCUT2D eigenvalue weighted by molar-refractivity contribution is 9.10. The fourth-order valence-corrected chi connectivity index (χ4v) is 6.95. The Bertz CT molecular complexity index is 991. The van der Waals surface area contributed by atoms with Crippen LogP contribution in [0.4, 0.5) is 4.39 Å². The normalized spacial score (nSPS) is 18.8. The van der Waals surface area contributed by atoms with E-state index in [9.17, 15) is 4.21 Å². The number of hydrogen-bond donors (Lipinski definition) is 1. The second kappa shape index (κ2) is 11.4. The fourth-order valence-electron chi connectivity index (χ4n) is 4.18. The van der Waals surface area contributed by atoms with Crippen molar-refractivity contribution in [2.24, 2.45) is 0 Å². The van der Waals surface area contributed by atoms with Crippen LogP contribution < -0.4 is 9.46 Å². The Morgan fingerprint density at radius 3 is 2.38 bits per heavy atom. The van der Waals surface area contributed by atoms with Gasteiger partial charge in [-0.05, 0) is 82.9 Å². The molecule has 0 amide bonds. The van der Waals surface area contributed by atoms with Crippen molar-refractivity contribution in [3.63, 3.8) is 0 Å². The first-order chi connectivity index (χ1) is 16.0. The van der Waals surface area contributed by atoms with Gasteiger partial charge in [0.15, 0.2) is 0 Å². The van der Waals surface area contributed by atoms with Crippen LogP contribution in [-0.2, 0) is 27.0 Å². The molecule has 0 saturated carbocycles. The van der Waals surface area contributed by atoms with Gasteiger partial charge < -0.3 is 9.47 Å². The lowest BCUT2D eigenvalue weighted by molar-refractivity contribution is 0.0682. The summed E-state index contributed by atoms with van der Waals surface area (Å²) in [7, 11) is 0.289. The second-order valence-corrected chi connectivity index (χ2v) is 14.4. The van der Waals surface area contributed by atoms with Crippen LogP contribution in [0.2, 0.25) is 0 Å². The first-order valence-corrected chi connectivity index (χ1v) is 14.4. The van der Waals surface area contributed by atoms with Gasteiger partial charge in [-0.15, -0.1) is 0 Å². The van der Waals surface area contributed by atoms with Gasteiger partial charge >= 0.3 is 0 Å². The van der Waals surface area contributed by atoms with Crippen LogP contribution in [0.5, 0.6) is 5.75 Å². The highest BCUT2D eigenvalue weighted by Gasteiger charge is 2.44. The first-order valence-electron chi connectivity index (χ1n) is 11.5. The summed E-state index contributed by atoms with van der Waals surface area (Å²) in [6.45, 7) is 9.08. The standard InChI is InChI=1S/C26H35BrFNO3S2/c1-24(2,3)34(30)29-25(4,22-16-20(27)8-11-23(22)28)18-26(12-14-32-15-13-26)33-17-19-6-9-21(31-5)10-7-19/h6-11,16,29H,12-15,17-18H2,1-5H3. The van der Waals surface area contributed by atoms with Crippen LogP contribution in [0.15, 0.2) is 46.9 Å². The average molecular weight is 573 g/mol. The van der Waals surface area contributed by atoms with E-state index in [0.29, 0.717) is 25.2 Å². The lowest BCUT2D eigenvalue weighted by Gasteiger charge is -2.45. The number of halogens is 2. The molecule has 8 heteroatoms. The van der Waals surface area contributed by atoms with Gasteiger partial charge in [-0.25, -0.2) is 13.3 Å². The Labute approximate surface area is 218 Å². The molecule has 1 aliphatic rings. The minimum atomic E-state index is -1.37. The van der Waals surface area contributed by atoms with Crippen LogP contribution in [0, 0.1) is 5.82 Å². The molecule has 2 aromatic carbocycles. The molecule has 1 aliphatic heterocycles. The Kier molecular flexibility index (Phi) is 9.29. The number of rotatable bonds is 9. The van der Waals surface area contributed by atoms with E-state index in [0.717, 1.165) is 28.8 Å². The summed E-state index contributed by atoms with van der Waals surface area (Å²) < 4.78 is 43.0. The van der Waals surface area contributed by atoms with Crippen molar-refractivity contribution in [1.82, 2.24) is 4.72 Å². The van der Waals surface area contributed by atoms with E-state index >= 15 is 4.39 Å². The molecule has 1 heterocycles. The van der Waals surface area contributed by atoms with E-state index in [1.54, 1.807) is 13.2 Å². The van der Waals surface area contributed by atoms with Crippen molar-refractivity contribution in [1.29, 1.82) is 0 Å². The molecule has 2 atom stereocenters. The summed E-state index contributed by atoms with van der Waals surface area (Å²) in [5.74, 6) is 1.36. The van der Waals surface area contributed by atoms with Gasteiger partial charge in [-0.3, -0.25) is 0 Å². The van der Waals surface area contributed by atoms with Crippen molar-refractivity contribution in [3.05, 3.63) is 63.9 Å². The molecule has 0 spiro atoms. The minimum Gasteiger partial charge on any atom is -0.497 e. The first kappa shape index (κ1) is 27.7. The molecule has 34 heavy (non-hydrogen) atoms. The van der Waals surface area contributed by atoms with Gasteiger partial charge in [-0.1, -0.05) is 28.1 Å². The third kappa shape index (κ3) is 7.06. The summed E-state index contributed by atoms with van der Waals surface area (Å²) in [6, 6.07) is 13.1. The van der Waals surface area contributed by atoms with Gasteiger partial charge in [0.1, 0.15) is 11.6 Å². The molecule has 0 radical (unpaired) electrons. The zero-order valence-electron chi connectivity index (χ0n) is 20.6. The van der Waals surface area contributed by atoms with Crippen molar-refractivity contribution >= 4 is 38.7 Å². The van der Waals surface area contributed by atoms with E-state index in [4.69, 9.17) is 9.47 Å². The monoisotopic (exact) mass is 571 g/mol. The fraction of sp³-hybridized carbons (Fsp3) is 0.538. The number of methoxy groups -OCH3 is 1. The molecule has 0 aromatic heterocycles. The third-order valence-electron chi connectivity index (χ3n) is 6.18. The maximum Gasteiger partial charge on any atom is 0.128 e. The Morgan fingerprint density at radius 1 is 1.15 bits per heavy atom. The molecule has 2 unspecified atom stereocenters. The minimum absolute atomic E-state index is 0.156. The van der Waals surface area contributed by atoms with Crippen LogP contribution in [-0.4, -0.2) is 34.0 Å². The molecule has 3 rings (SSSR count). The smallest absolute Gasteiger partial charge is 0.128 e. The van der Waals surface area contributed by atoms with Gasteiger partial charge in [0.25, 0.3) is 0 Å². The summed E-state index contributed by atoms with van der Waals surface area (Å²) in [6.07, 6.45) is 2.32. The molecule has 4 nitrogen and oxygen atoms in total. The van der Waals surface area contributed by atoms with E-state index in [1.165, 1.54) is 11.6 Å². The van der Waals surface area contributed by atoms with E-state index in [1.807, 2.05) is 57.7 Å². The lowest BCUT2D eigenvalue weighted by Crippen LogP contribution is -2.51. The number of nitrogens with one attached hydrogen (secondary N) is 1. The molecular formula is C26H35BrFNO3S2. The van der Waals surface area contributed by atoms with Crippen molar-refractivity contribution < 1.29 is 18.1 Å². The largest absolute Gasteiger partial charge is 0.497 e. The predicted molar refractivity (Wildman–Crippen MR) is 144 cm³/mol. The predicted octanol–water partition coefficient (Wildman–Crippen LogP) is 6.74. The number of thioether (sulfide) groups is 1. The summed E-state index contributed by atoms with van der Waals surface area (Å²) in [5.41, 5.74) is 0.893.